The quantitative estimate of drug-likeness (QED) is 0.459. The first kappa shape index (κ1) is 7.23. The van der Waals surface area contributed by atoms with Gasteiger partial charge in [0, 0.05) is 0 Å². The van der Waals surface area contributed by atoms with Crippen LogP contribution in [0.4, 0.5) is 0 Å². The molecule has 0 radical (unpaired) electrons. The molecule has 0 aliphatic carbocycles. The largest absolute Gasteiger partial charge is 0.465 e. The molecule has 0 amide bonds. The molecule has 0 N–H and O–H groups in total. The molecule has 10 heavy (non-hydrogen) atoms. The van der Waals surface area contributed by atoms with E-state index in [9.17, 15) is 0 Å². The highest BCUT2D eigenvalue weighted by molar-refractivity contribution is 8.03. The van der Waals surface area contributed by atoms with E-state index in [2.05, 4.69) is 0 Å². The monoisotopic (exact) mass is 153 g/mol. The number of nitriles is 1. The molecule has 0 saturated carbocycles. The lowest BCUT2D eigenvalue weighted by Gasteiger charge is -1.83. The molecule has 0 unspecified atom stereocenters. The molecule has 0 aliphatic rings. The third-order valence-corrected chi connectivity index (χ3v) is 1.87. The molecule has 0 aliphatic heterocycles. The van der Waals surface area contributed by atoms with Gasteiger partial charge in [-0.25, -0.2) is 0 Å². The molecule has 0 atom stereocenters. The van der Waals surface area contributed by atoms with Crippen LogP contribution in [-0.4, -0.2) is 0 Å². The zero-order valence-electron chi connectivity index (χ0n) is 5.84. The second-order valence-electron chi connectivity index (χ2n) is 1.97. The Labute approximate surface area is 63.8 Å². The summed E-state index contributed by atoms with van der Waals surface area (Å²) in [6.07, 6.45) is 0. The molecule has 1 rings (SSSR count). The first-order valence-corrected chi connectivity index (χ1v) is 3.68. The molecule has 0 fully saturated rings. The predicted octanol–water partition coefficient (Wildman–Crippen LogP) is 2.47. The highest BCUT2D eigenvalue weighted by Gasteiger charge is 2.03. The van der Waals surface area contributed by atoms with E-state index >= 15 is 0 Å². The van der Waals surface area contributed by atoms with Gasteiger partial charge in [0.1, 0.15) is 16.9 Å². The van der Waals surface area contributed by atoms with Crippen LogP contribution in [0, 0.1) is 24.5 Å². The van der Waals surface area contributed by atoms with E-state index in [0.29, 0.717) is 0 Å². The molecule has 1 aromatic rings. The summed E-state index contributed by atoms with van der Waals surface area (Å²) in [4.78, 5) is 0.917. The van der Waals surface area contributed by atoms with E-state index in [1.807, 2.05) is 25.3 Å². The molecule has 0 bridgehead atoms. The zero-order valence-corrected chi connectivity index (χ0v) is 6.66. The van der Waals surface area contributed by atoms with Crippen LogP contribution in [0.3, 0.4) is 0 Å². The van der Waals surface area contributed by atoms with Crippen molar-refractivity contribution in [1.29, 1.82) is 5.26 Å². The Kier molecular flexibility index (Phi) is 2.03. The highest BCUT2D eigenvalue weighted by atomic mass is 32.2. The van der Waals surface area contributed by atoms with Crippen LogP contribution in [0.15, 0.2) is 15.4 Å². The third-order valence-electron chi connectivity index (χ3n) is 1.15. The SMILES string of the molecule is Cc1cc(SC#N)c(C)o1. The summed E-state index contributed by atoms with van der Waals surface area (Å²) in [5.41, 5.74) is 0. The van der Waals surface area contributed by atoms with Crippen molar-refractivity contribution in [3.05, 3.63) is 17.6 Å². The number of hydrogen-bond acceptors (Lipinski definition) is 3. The fourth-order valence-electron chi connectivity index (χ4n) is 0.758. The van der Waals surface area contributed by atoms with Crippen LogP contribution in [0.1, 0.15) is 11.5 Å². The maximum atomic E-state index is 8.32. The molecule has 52 valence electrons. The van der Waals surface area contributed by atoms with Crippen LogP contribution in [0.2, 0.25) is 0 Å². The smallest absolute Gasteiger partial charge is 0.138 e. The lowest BCUT2D eigenvalue weighted by atomic mass is 10.4. The van der Waals surface area contributed by atoms with Gasteiger partial charge in [0.2, 0.25) is 0 Å². The molecular weight excluding hydrogens is 146 g/mol. The van der Waals surface area contributed by atoms with E-state index in [4.69, 9.17) is 9.68 Å². The van der Waals surface area contributed by atoms with Crippen molar-refractivity contribution in [2.45, 2.75) is 18.7 Å². The van der Waals surface area contributed by atoms with Crippen LogP contribution >= 0.6 is 11.8 Å². The van der Waals surface area contributed by atoms with Crippen LogP contribution in [0.25, 0.3) is 0 Å². The van der Waals surface area contributed by atoms with Crippen LogP contribution < -0.4 is 0 Å². The minimum atomic E-state index is 0.823. The Morgan fingerprint density at radius 2 is 2.30 bits per heavy atom. The van der Waals surface area contributed by atoms with E-state index in [1.165, 1.54) is 0 Å². The molecule has 0 spiro atoms. The lowest BCUT2D eigenvalue weighted by molar-refractivity contribution is 0.499. The molecule has 0 aromatic carbocycles. The Hall–Kier alpha value is -0.880. The number of hydrogen-bond donors (Lipinski definition) is 0. The summed E-state index contributed by atoms with van der Waals surface area (Å²) < 4.78 is 5.20. The normalized spacial score (nSPS) is 9.30. The summed E-state index contributed by atoms with van der Waals surface area (Å²) >= 11 is 1.13. The number of thiocyanates is 1. The van der Waals surface area contributed by atoms with Gasteiger partial charge in [0.25, 0.3) is 0 Å². The average Bonchev–Trinajstić information content (AvgIpc) is 2.13. The van der Waals surface area contributed by atoms with Crippen molar-refractivity contribution < 1.29 is 4.42 Å². The van der Waals surface area contributed by atoms with Gasteiger partial charge in [-0.1, -0.05) is 0 Å². The summed E-state index contributed by atoms with van der Waals surface area (Å²) in [5.74, 6) is 1.68. The Morgan fingerprint density at radius 3 is 2.70 bits per heavy atom. The fraction of sp³-hybridized carbons (Fsp3) is 0.286. The van der Waals surface area contributed by atoms with Gasteiger partial charge in [-0.15, -0.1) is 0 Å². The highest BCUT2D eigenvalue weighted by Crippen LogP contribution is 2.24. The van der Waals surface area contributed by atoms with Crippen LogP contribution in [-0.2, 0) is 0 Å². The van der Waals surface area contributed by atoms with E-state index < -0.39 is 0 Å². The van der Waals surface area contributed by atoms with Crippen molar-refractivity contribution >= 4 is 11.8 Å². The van der Waals surface area contributed by atoms with E-state index in [1.54, 1.807) is 0 Å². The average molecular weight is 153 g/mol. The number of rotatable bonds is 1. The third kappa shape index (κ3) is 1.34. The molecule has 2 nitrogen and oxygen atoms in total. The summed E-state index contributed by atoms with van der Waals surface area (Å²) in [7, 11) is 0. The molecular formula is C7H7NOS. The molecule has 0 saturated heterocycles. The van der Waals surface area contributed by atoms with Gasteiger partial charge in [-0.3, -0.25) is 0 Å². The number of furan rings is 1. The predicted molar refractivity (Wildman–Crippen MR) is 39.7 cm³/mol. The summed E-state index contributed by atoms with van der Waals surface area (Å²) in [5, 5.41) is 10.3. The topological polar surface area (TPSA) is 36.9 Å². The fourth-order valence-corrected chi connectivity index (χ4v) is 1.27. The summed E-state index contributed by atoms with van der Waals surface area (Å²) in [6.45, 7) is 3.72. The van der Waals surface area contributed by atoms with Crippen LogP contribution in [0.5, 0.6) is 0 Å². The molecule has 1 aromatic heterocycles. The Balaban J connectivity index is 2.94. The van der Waals surface area contributed by atoms with Crippen molar-refractivity contribution in [3.8, 4) is 5.40 Å². The summed E-state index contributed by atoms with van der Waals surface area (Å²) in [6, 6.07) is 1.86. The second kappa shape index (κ2) is 2.80. The van der Waals surface area contributed by atoms with Crippen molar-refractivity contribution in [2.24, 2.45) is 0 Å². The number of thioether (sulfide) groups is 1. The minimum Gasteiger partial charge on any atom is -0.465 e. The van der Waals surface area contributed by atoms with Crippen molar-refractivity contribution in [1.82, 2.24) is 0 Å². The zero-order chi connectivity index (χ0) is 7.56. The minimum absolute atomic E-state index is 0.823. The maximum absolute atomic E-state index is 8.32. The van der Waals surface area contributed by atoms with Gasteiger partial charge in [0.05, 0.1) is 4.90 Å². The van der Waals surface area contributed by atoms with Gasteiger partial charge in [-0.05, 0) is 31.7 Å². The van der Waals surface area contributed by atoms with Crippen molar-refractivity contribution in [3.63, 3.8) is 0 Å². The van der Waals surface area contributed by atoms with Gasteiger partial charge < -0.3 is 4.42 Å². The first-order valence-electron chi connectivity index (χ1n) is 2.87. The Bertz CT molecular complexity index is 272. The van der Waals surface area contributed by atoms with E-state index in [-0.39, 0.29) is 0 Å². The van der Waals surface area contributed by atoms with Gasteiger partial charge in [0.15, 0.2) is 0 Å². The molecule has 1 heterocycles. The van der Waals surface area contributed by atoms with Gasteiger partial charge >= 0.3 is 0 Å². The maximum Gasteiger partial charge on any atom is 0.138 e. The number of nitrogens with zero attached hydrogens (tertiary/aromatic N) is 1. The van der Waals surface area contributed by atoms with Gasteiger partial charge in [-0.2, -0.15) is 5.26 Å². The molecule has 3 heteroatoms. The van der Waals surface area contributed by atoms with E-state index in [0.717, 1.165) is 28.2 Å². The standard InChI is InChI=1S/C7H7NOS/c1-5-3-7(10-4-8)6(2)9-5/h3H,1-2H3. The Morgan fingerprint density at radius 1 is 1.60 bits per heavy atom. The first-order chi connectivity index (χ1) is 4.74. The second-order valence-corrected chi connectivity index (χ2v) is 2.80. The lowest BCUT2D eigenvalue weighted by Crippen LogP contribution is -1.63. The van der Waals surface area contributed by atoms with Crippen molar-refractivity contribution in [2.75, 3.05) is 0 Å². The number of aryl methyl sites for hydroxylation is 2.